The Morgan fingerprint density at radius 1 is 1.17 bits per heavy atom. The van der Waals surface area contributed by atoms with Crippen LogP contribution in [-0.2, 0) is 0 Å². The van der Waals surface area contributed by atoms with Crippen LogP contribution in [0.2, 0.25) is 0 Å². The zero-order chi connectivity index (χ0) is 9.14. The van der Waals surface area contributed by atoms with Gasteiger partial charge in [0.1, 0.15) is 11.5 Å². The minimum Gasteiger partial charge on any atom is -0.465 e. The maximum absolute atomic E-state index is 8.26. The first-order valence-electron chi connectivity index (χ1n) is 3.63. The summed E-state index contributed by atoms with van der Waals surface area (Å²) >= 11 is 0. The Morgan fingerprint density at radius 3 is 2.25 bits per heavy atom. The Labute approximate surface area is 71.8 Å². The lowest BCUT2D eigenvalue weighted by atomic mass is 10.1. The quantitative estimate of drug-likeness (QED) is 0.543. The fourth-order valence-corrected chi connectivity index (χ4v) is 1.07. The van der Waals surface area contributed by atoms with Crippen molar-refractivity contribution in [3.63, 3.8) is 0 Å². The number of rotatable bonds is 0. The van der Waals surface area contributed by atoms with Crippen LogP contribution in [0.1, 0.15) is 22.6 Å². The number of hydrogen-bond donors (Lipinski definition) is 0. The summed E-state index contributed by atoms with van der Waals surface area (Å²) in [4.78, 5) is 0. The van der Waals surface area contributed by atoms with Crippen LogP contribution in [0.25, 0.3) is 0 Å². The van der Waals surface area contributed by atoms with Crippen LogP contribution in [0.3, 0.4) is 0 Å². The van der Waals surface area contributed by atoms with Gasteiger partial charge < -0.3 is 4.42 Å². The van der Waals surface area contributed by atoms with Gasteiger partial charge in [-0.3, -0.25) is 0 Å². The third-order valence-corrected chi connectivity index (χ3v) is 1.80. The zero-order valence-corrected chi connectivity index (χ0v) is 7.36. The van der Waals surface area contributed by atoms with E-state index in [1.807, 2.05) is 20.8 Å². The second-order valence-electron chi connectivity index (χ2n) is 2.58. The highest BCUT2D eigenvalue weighted by molar-refractivity contribution is 5.46. The van der Waals surface area contributed by atoms with Crippen molar-refractivity contribution in [3.8, 4) is 17.9 Å². The van der Waals surface area contributed by atoms with Crippen molar-refractivity contribution in [3.05, 3.63) is 22.6 Å². The van der Waals surface area contributed by atoms with Gasteiger partial charge in [-0.1, -0.05) is 0 Å². The highest BCUT2D eigenvalue weighted by Gasteiger charge is 2.07. The Balaban J connectivity index is 3.25. The molecular weight excluding hydrogens is 150 g/mol. The molecule has 0 aliphatic rings. The molecule has 0 atom stereocenters. The van der Waals surface area contributed by atoms with E-state index in [1.54, 1.807) is 6.07 Å². The van der Waals surface area contributed by atoms with Crippen molar-refractivity contribution >= 4 is 0 Å². The molecule has 60 valence electrons. The van der Waals surface area contributed by atoms with E-state index < -0.39 is 0 Å². The minimum absolute atomic E-state index is 0.785. The molecule has 0 radical (unpaired) electrons. The molecule has 0 unspecified atom stereocenters. The molecule has 1 rings (SSSR count). The van der Waals surface area contributed by atoms with Crippen LogP contribution in [0.4, 0.5) is 0 Å². The molecule has 0 aliphatic heterocycles. The smallest absolute Gasteiger partial charge is 0.152 e. The van der Waals surface area contributed by atoms with E-state index in [9.17, 15) is 0 Å². The summed E-state index contributed by atoms with van der Waals surface area (Å²) in [7, 11) is 0. The van der Waals surface area contributed by atoms with E-state index in [2.05, 4.69) is 11.8 Å². The van der Waals surface area contributed by atoms with E-state index in [0.717, 1.165) is 22.6 Å². The topological polar surface area (TPSA) is 36.9 Å². The molecule has 0 saturated heterocycles. The van der Waals surface area contributed by atoms with Crippen LogP contribution in [0.15, 0.2) is 4.42 Å². The Hall–Kier alpha value is -1.67. The first-order valence-corrected chi connectivity index (χ1v) is 3.63. The molecule has 0 saturated carbocycles. The van der Waals surface area contributed by atoms with Crippen LogP contribution < -0.4 is 0 Å². The van der Waals surface area contributed by atoms with Crippen molar-refractivity contribution in [1.29, 1.82) is 5.26 Å². The third-order valence-electron chi connectivity index (χ3n) is 1.80. The fourth-order valence-electron chi connectivity index (χ4n) is 1.07. The van der Waals surface area contributed by atoms with Crippen LogP contribution >= 0.6 is 0 Å². The first-order chi connectivity index (χ1) is 5.66. The highest BCUT2D eigenvalue weighted by atomic mass is 16.3. The second-order valence-corrected chi connectivity index (χ2v) is 2.58. The van der Waals surface area contributed by atoms with Gasteiger partial charge in [-0.25, -0.2) is 0 Å². The van der Waals surface area contributed by atoms with E-state index in [0.29, 0.717) is 0 Å². The SMILES string of the molecule is Cc1oc(C)c(C#CC#N)c1C. The number of nitriles is 1. The van der Waals surface area contributed by atoms with Gasteiger partial charge in [0, 0.05) is 11.5 Å². The summed E-state index contributed by atoms with van der Waals surface area (Å²) in [5.74, 6) is 6.76. The predicted molar refractivity (Wildman–Crippen MR) is 45.4 cm³/mol. The first kappa shape index (κ1) is 8.43. The van der Waals surface area contributed by atoms with E-state index in [4.69, 9.17) is 9.68 Å². The maximum Gasteiger partial charge on any atom is 0.152 e. The Morgan fingerprint density at radius 2 is 1.83 bits per heavy atom. The molecule has 2 nitrogen and oxygen atoms in total. The Bertz CT molecular complexity index is 396. The summed E-state index contributed by atoms with van der Waals surface area (Å²) in [6, 6.07) is 1.78. The summed E-state index contributed by atoms with van der Waals surface area (Å²) < 4.78 is 5.33. The van der Waals surface area contributed by atoms with E-state index >= 15 is 0 Å². The average molecular weight is 159 g/mol. The zero-order valence-electron chi connectivity index (χ0n) is 7.36. The number of nitrogens with zero attached hydrogens (tertiary/aromatic N) is 1. The average Bonchev–Trinajstić information content (AvgIpc) is 2.25. The molecule has 0 bridgehead atoms. The lowest BCUT2D eigenvalue weighted by Crippen LogP contribution is -1.77. The standard InChI is InChI=1S/C10H9NO/c1-7-8(2)12-9(3)10(7)5-4-6-11/h1-3H3. The van der Waals surface area contributed by atoms with Crippen LogP contribution in [0.5, 0.6) is 0 Å². The lowest BCUT2D eigenvalue weighted by molar-refractivity contribution is 0.502. The van der Waals surface area contributed by atoms with Gasteiger partial charge in [0.15, 0.2) is 6.07 Å². The van der Waals surface area contributed by atoms with Gasteiger partial charge in [-0.2, -0.15) is 5.26 Å². The molecule has 1 aromatic heterocycles. The van der Waals surface area contributed by atoms with Gasteiger partial charge in [-0.15, -0.1) is 0 Å². The highest BCUT2D eigenvalue weighted by Crippen LogP contribution is 2.18. The molecule has 2 heteroatoms. The van der Waals surface area contributed by atoms with Crippen molar-refractivity contribution in [2.24, 2.45) is 0 Å². The normalized spacial score (nSPS) is 8.50. The number of furan rings is 1. The Kier molecular flexibility index (Phi) is 2.21. The molecule has 1 heterocycles. The van der Waals surface area contributed by atoms with Crippen molar-refractivity contribution in [2.45, 2.75) is 20.8 Å². The summed E-state index contributed by atoms with van der Waals surface area (Å²) in [6.07, 6.45) is 0. The fraction of sp³-hybridized carbons (Fsp3) is 0.300. The van der Waals surface area contributed by atoms with Crippen molar-refractivity contribution in [2.75, 3.05) is 0 Å². The van der Waals surface area contributed by atoms with Gasteiger partial charge in [0.25, 0.3) is 0 Å². The molecule has 12 heavy (non-hydrogen) atoms. The largest absolute Gasteiger partial charge is 0.465 e. The molecule has 0 fully saturated rings. The number of hydrogen-bond acceptors (Lipinski definition) is 2. The van der Waals surface area contributed by atoms with Crippen molar-refractivity contribution in [1.82, 2.24) is 0 Å². The second kappa shape index (κ2) is 3.15. The predicted octanol–water partition coefficient (Wildman–Crippen LogP) is 2.08. The minimum atomic E-state index is 0.785. The summed E-state index contributed by atoms with van der Waals surface area (Å²) in [5, 5.41) is 8.26. The molecule has 0 amide bonds. The number of aryl methyl sites for hydroxylation is 2. The molecule has 0 spiro atoms. The molecule has 1 aromatic rings. The summed E-state index contributed by atoms with van der Waals surface area (Å²) in [6.45, 7) is 5.68. The lowest BCUT2D eigenvalue weighted by Gasteiger charge is -1.85. The van der Waals surface area contributed by atoms with Crippen LogP contribution in [-0.4, -0.2) is 0 Å². The van der Waals surface area contributed by atoms with Gasteiger partial charge in [-0.05, 0) is 26.7 Å². The van der Waals surface area contributed by atoms with Crippen molar-refractivity contribution < 1.29 is 4.42 Å². The van der Waals surface area contributed by atoms with Gasteiger partial charge in [0.05, 0.1) is 5.56 Å². The molecular formula is C10H9NO. The maximum atomic E-state index is 8.26. The van der Waals surface area contributed by atoms with Gasteiger partial charge in [0.2, 0.25) is 0 Å². The molecule has 0 aliphatic carbocycles. The van der Waals surface area contributed by atoms with E-state index in [1.165, 1.54) is 0 Å². The van der Waals surface area contributed by atoms with Crippen LogP contribution in [0, 0.1) is 43.9 Å². The monoisotopic (exact) mass is 159 g/mol. The van der Waals surface area contributed by atoms with E-state index in [-0.39, 0.29) is 0 Å². The van der Waals surface area contributed by atoms with Gasteiger partial charge >= 0.3 is 0 Å². The molecule has 0 N–H and O–H groups in total. The molecule has 0 aromatic carbocycles. The third kappa shape index (κ3) is 1.33. The summed E-state index contributed by atoms with van der Waals surface area (Å²) in [5.41, 5.74) is 1.87.